The summed E-state index contributed by atoms with van der Waals surface area (Å²) in [4.78, 5) is 42.8. The van der Waals surface area contributed by atoms with Gasteiger partial charge >= 0.3 is 0 Å². The lowest BCUT2D eigenvalue weighted by Gasteiger charge is -2.39. The average Bonchev–Trinajstić information content (AvgIpc) is 3.24. The zero-order valence-electron chi connectivity index (χ0n) is 38.1. The Morgan fingerprint density at radius 3 is 1.05 bits per heavy atom. The van der Waals surface area contributed by atoms with E-state index >= 15 is 4.57 Å². The number of hydrogen-bond donors (Lipinski definition) is 1. The van der Waals surface area contributed by atoms with Gasteiger partial charge in [0.15, 0.2) is 0 Å². The van der Waals surface area contributed by atoms with Crippen LogP contribution in [0.3, 0.4) is 0 Å². The molecule has 2 atom stereocenters. The third-order valence-electron chi connectivity index (χ3n) is 11.7. The highest BCUT2D eigenvalue weighted by molar-refractivity contribution is 7.58. The van der Waals surface area contributed by atoms with Crippen LogP contribution in [0.1, 0.15) is 216 Å². The van der Waals surface area contributed by atoms with Crippen molar-refractivity contribution >= 4 is 19.2 Å². The number of hydrogen-bond acceptors (Lipinski definition) is 3. The predicted molar refractivity (Wildman–Crippen MR) is 253 cm³/mol. The summed E-state index contributed by atoms with van der Waals surface area (Å²) in [6.45, 7) is 4.52. The first-order valence-electron chi connectivity index (χ1n) is 24.0. The SMILES string of the molecule is CCCCCCCC/C=C\CCCCCCCC(=O)N(C)C(c1ccccc1)P(=O)(O)C(c1ccccc1)N(C)C(=O)CCCCCCC/C=C\CCCCCCCC. The van der Waals surface area contributed by atoms with E-state index in [9.17, 15) is 14.5 Å². The van der Waals surface area contributed by atoms with Crippen molar-refractivity contribution in [3.63, 3.8) is 0 Å². The zero-order valence-corrected chi connectivity index (χ0v) is 38.9. The molecule has 0 heterocycles. The highest BCUT2D eigenvalue weighted by Crippen LogP contribution is 2.67. The molecule has 6 nitrogen and oxygen atoms in total. The van der Waals surface area contributed by atoms with Gasteiger partial charge in [-0.3, -0.25) is 14.2 Å². The molecular weight excluding hydrogens is 748 g/mol. The topological polar surface area (TPSA) is 77.9 Å². The predicted octanol–water partition coefficient (Wildman–Crippen LogP) is 15.6. The average molecular weight is 833 g/mol. The number of nitrogens with zero attached hydrogens (tertiary/aromatic N) is 2. The third kappa shape index (κ3) is 22.5. The van der Waals surface area contributed by atoms with E-state index in [2.05, 4.69) is 38.2 Å². The summed E-state index contributed by atoms with van der Waals surface area (Å²) in [5, 5.41) is 0. The van der Waals surface area contributed by atoms with Crippen LogP contribution in [0.4, 0.5) is 0 Å². The molecule has 2 unspecified atom stereocenters. The van der Waals surface area contributed by atoms with E-state index < -0.39 is 18.9 Å². The van der Waals surface area contributed by atoms with Crippen LogP contribution in [0.5, 0.6) is 0 Å². The van der Waals surface area contributed by atoms with Gasteiger partial charge in [-0.1, -0.05) is 202 Å². The Bertz CT molecular complexity index is 1340. The van der Waals surface area contributed by atoms with Crippen LogP contribution in [-0.4, -0.2) is 40.6 Å². The van der Waals surface area contributed by atoms with Crippen molar-refractivity contribution in [3.05, 3.63) is 96.1 Å². The molecule has 0 bridgehead atoms. The van der Waals surface area contributed by atoms with Crippen LogP contribution in [0.15, 0.2) is 85.0 Å². The summed E-state index contributed by atoms with van der Waals surface area (Å²) in [5.41, 5.74) is 1.19. The van der Waals surface area contributed by atoms with Crippen molar-refractivity contribution in [2.75, 3.05) is 14.1 Å². The standard InChI is InChI=1S/C52H85N2O4P/c1-5-7-9-11-13-15-17-19-21-23-25-27-29-31-39-45-49(55)53(3)51(47-41-35-33-36-42-47)59(57,58)52(48-43-37-34-38-44-48)54(4)50(56)46-40-32-30-28-26-24-22-20-18-16-14-12-10-8-6-2/h19-22,33-38,41-44,51-52H,5-18,23-32,39-40,45-46H2,1-4H3,(H,57,58)/b21-19-,22-20-. The van der Waals surface area contributed by atoms with E-state index in [1.807, 2.05) is 60.7 Å². The summed E-state index contributed by atoms with van der Waals surface area (Å²) in [6, 6.07) is 18.3. The minimum Gasteiger partial charge on any atom is -0.341 e. The van der Waals surface area contributed by atoms with Crippen molar-refractivity contribution in [1.82, 2.24) is 9.80 Å². The van der Waals surface area contributed by atoms with Crippen LogP contribution < -0.4 is 0 Å². The normalized spacial score (nSPS) is 13.8. The summed E-state index contributed by atoms with van der Waals surface area (Å²) in [6.07, 6.45) is 40.7. The maximum absolute atomic E-state index is 15.1. The molecule has 2 aromatic rings. The molecule has 0 aliphatic carbocycles. The van der Waals surface area contributed by atoms with Crippen LogP contribution in [0.25, 0.3) is 0 Å². The fraction of sp³-hybridized carbons (Fsp3) is 0.654. The molecular formula is C52H85N2O4P. The number of carbonyl (C=O) groups is 2. The Morgan fingerprint density at radius 2 is 0.746 bits per heavy atom. The second kappa shape index (κ2) is 33.7. The second-order valence-electron chi connectivity index (χ2n) is 16.9. The van der Waals surface area contributed by atoms with E-state index in [4.69, 9.17) is 0 Å². The molecule has 1 N–H and O–H groups in total. The van der Waals surface area contributed by atoms with Gasteiger partial charge in [0, 0.05) is 26.9 Å². The molecule has 0 aromatic heterocycles. The Kier molecular flexibility index (Phi) is 29.8. The smallest absolute Gasteiger partial charge is 0.253 e. The first kappa shape index (κ1) is 52.2. The summed E-state index contributed by atoms with van der Waals surface area (Å²) in [7, 11) is -1.03. The molecule has 0 aliphatic heterocycles. The number of benzene rings is 2. The maximum Gasteiger partial charge on any atom is 0.253 e. The second-order valence-corrected chi connectivity index (χ2v) is 19.2. The van der Waals surface area contributed by atoms with Crippen LogP contribution in [0.2, 0.25) is 0 Å². The lowest BCUT2D eigenvalue weighted by Crippen LogP contribution is -2.37. The van der Waals surface area contributed by atoms with Crippen molar-refractivity contribution in [2.24, 2.45) is 0 Å². The van der Waals surface area contributed by atoms with Crippen LogP contribution in [-0.2, 0) is 14.2 Å². The molecule has 59 heavy (non-hydrogen) atoms. The Hall–Kier alpha value is -2.95. The van der Waals surface area contributed by atoms with Gasteiger partial charge < -0.3 is 14.7 Å². The molecule has 0 aliphatic rings. The van der Waals surface area contributed by atoms with Gasteiger partial charge in [-0.15, -0.1) is 0 Å². The Morgan fingerprint density at radius 1 is 0.475 bits per heavy atom. The number of allylic oxidation sites excluding steroid dienone is 4. The molecule has 0 spiro atoms. The first-order chi connectivity index (χ1) is 28.8. The van der Waals surface area contributed by atoms with Gasteiger partial charge in [0.1, 0.15) is 11.6 Å². The molecule has 2 aromatic carbocycles. The Balaban J connectivity index is 1.91. The fourth-order valence-electron chi connectivity index (χ4n) is 8.07. The quantitative estimate of drug-likeness (QED) is 0.0421. The van der Waals surface area contributed by atoms with Gasteiger partial charge in [0.2, 0.25) is 11.8 Å². The molecule has 7 heteroatoms. The molecule has 2 amide bonds. The first-order valence-corrected chi connectivity index (χ1v) is 25.8. The number of rotatable bonds is 36. The minimum absolute atomic E-state index is 0.153. The molecule has 0 radical (unpaired) electrons. The molecule has 0 fully saturated rings. The van der Waals surface area contributed by atoms with Crippen LogP contribution >= 0.6 is 7.37 Å². The highest BCUT2D eigenvalue weighted by Gasteiger charge is 2.47. The van der Waals surface area contributed by atoms with Crippen molar-refractivity contribution in [1.29, 1.82) is 0 Å². The number of carbonyl (C=O) groups excluding carboxylic acids is 2. The number of unbranched alkanes of at least 4 members (excludes halogenated alkanes) is 22. The summed E-state index contributed by atoms with van der Waals surface area (Å²) >= 11 is 0. The van der Waals surface area contributed by atoms with Gasteiger partial charge in [0.25, 0.3) is 7.37 Å². The maximum atomic E-state index is 15.1. The summed E-state index contributed by atoms with van der Waals surface area (Å²) < 4.78 is 15.1. The third-order valence-corrected chi connectivity index (χ3v) is 14.4. The van der Waals surface area contributed by atoms with Gasteiger partial charge in [-0.25, -0.2) is 0 Å². The monoisotopic (exact) mass is 833 g/mol. The van der Waals surface area contributed by atoms with Crippen LogP contribution in [0, 0.1) is 0 Å². The van der Waals surface area contributed by atoms with E-state index in [1.54, 1.807) is 14.1 Å². The molecule has 332 valence electrons. The van der Waals surface area contributed by atoms with E-state index in [0.29, 0.717) is 24.0 Å². The fourth-order valence-corrected chi connectivity index (χ4v) is 10.8. The number of amides is 2. The molecule has 2 rings (SSSR count). The van der Waals surface area contributed by atoms with Gasteiger partial charge in [0.05, 0.1) is 0 Å². The molecule has 0 saturated carbocycles. The van der Waals surface area contributed by atoms with E-state index in [1.165, 1.54) is 99.7 Å². The van der Waals surface area contributed by atoms with Crippen molar-refractivity contribution in [2.45, 2.75) is 205 Å². The zero-order chi connectivity index (χ0) is 42.8. The lowest BCUT2D eigenvalue weighted by molar-refractivity contribution is -0.131. The van der Waals surface area contributed by atoms with Crippen molar-refractivity contribution in [3.8, 4) is 0 Å². The lowest BCUT2D eigenvalue weighted by atomic mass is 10.1. The Labute approximate surface area is 362 Å². The van der Waals surface area contributed by atoms with Gasteiger partial charge in [-0.2, -0.15) is 0 Å². The molecule has 0 saturated heterocycles. The largest absolute Gasteiger partial charge is 0.341 e. The highest BCUT2D eigenvalue weighted by atomic mass is 31.2. The summed E-state index contributed by atoms with van der Waals surface area (Å²) in [5.74, 6) is -2.50. The van der Waals surface area contributed by atoms with Crippen molar-refractivity contribution < 1.29 is 19.0 Å². The van der Waals surface area contributed by atoms with Gasteiger partial charge in [-0.05, 0) is 75.3 Å². The van der Waals surface area contributed by atoms with E-state index in [0.717, 1.165) is 77.0 Å². The minimum atomic E-state index is -4.33. The van der Waals surface area contributed by atoms with E-state index in [-0.39, 0.29) is 11.8 Å².